The zero-order valence-electron chi connectivity index (χ0n) is 8.40. The smallest absolute Gasteiger partial charge is 0.262 e. The number of benzene rings is 1. The molecule has 1 heterocycles. The summed E-state index contributed by atoms with van der Waals surface area (Å²) < 4.78 is 0. The van der Waals surface area contributed by atoms with Gasteiger partial charge in [0.05, 0.1) is 4.91 Å². The molecule has 17 heavy (non-hydrogen) atoms. The number of amides is 2. The lowest BCUT2D eigenvalue weighted by Crippen LogP contribution is -2.33. The maximum absolute atomic E-state index is 11.5. The Morgan fingerprint density at radius 1 is 1.24 bits per heavy atom. The molecule has 6 nitrogen and oxygen atoms in total. The van der Waals surface area contributed by atoms with E-state index in [1.165, 1.54) is 6.08 Å². The molecule has 0 N–H and O–H groups in total. The third-order valence-electron chi connectivity index (χ3n) is 2.03. The van der Waals surface area contributed by atoms with Gasteiger partial charge in [-0.2, -0.15) is 0 Å². The summed E-state index contributed by atoms with van der Waals surface area (Å²) in [4.78, 5) is 33.3. The second-order valence-electron chi connectivity index (χ2n) is 3.14. The predicted molar refractivity (Wildman–Crippen MR) is 61.2 cm³/mol. The minimum atomic E-state index is -1.01. The predicted octanol–water partition coefficient (Wildman–Crippen LogP) is 1.91. The Labute approximate surface area is 100 Å². The maximum atomic E-state index is 11.5. The highest BCUT2D eigenvalue weighted by Crippen LogP contribution is 2.31. The minimum Gasteiger partial charge on any atom is -0.262 e. The Morgan fingerprint density at radius 2 is 1.88 bits per heavy atom. The lowest BCUT2D eigenvalue weighted by Gasteiger charge is -1.97. The van der Waals surface area contributed by atoms with Gasteiger partial charge < -0.3 is 0 Å². The van der Waals surface area contributed by atoms with Crippen molar-refractivity contribution in [2.75, 3.05) is 0 Å². The summed E-state index contributed by atoms with van der Waals surface area (Å²) in [5.74, 6) is -0.895. The second kappa shape index (κ2) is 4.38. The van der Waals surface area contributed by atoms with Crippen LogP contribution >= 0.6 is 11.8 Å². The van der Waals surface area contributed by atoms with Crippen molar-refractivity contribution in [3.05, 3.63) is 50.9 Å². The average Bonchev–Trinajstić information content (AvgIpc) is 2.55. The van der Waals surface area contributed by atoms with Gasteiger partial charge in [-0.3, -0.25) is 9.59 Å². The van der Waals surface area contributed by atoms with Crippen LogP contribution in [0.25, 0.3) is 6.08 Å². The second-order valence-corrected chi connectivity index (χ2v) is 4.14. The SMILES string of the molecule is O=C1SC(=Cc2ccccc2)C(=O)N1[N+](=O)[O-]. The molecule has 1 aliphatic rings. The molecule has 1 saturated heterocycles. The summed E-state index contributed by atoms with van der Waals surface area (Å²) in [6, 6.07) is 8.81. The van der Waals surface area contributed by atoms with Crippen molar-refractivity contribution in [3.8, 4) is 0 Å². The first kappa shape index (κ1) is 11.3. The minimum absolute atomic E-state index is 0.0133. The molecular weight excluding hydrogens is 244 g/mol. The normalized spacial score (nSPS) is 17.9. The summed E-state index contributed by atoms with van der Waals surface area (Å²) in [7, 11) is 0. The molecule has 0 aromatic heterocycles. The zero-order chi connectivity index (χ0) is 12.4. The summed E-state index contributed by atoms with van der Waals surface area (Å²) in [6.45, 7) is 0. The van der Waals surface area contributed by atoms with E-state index in [0.29, 0.717) is 17.3 Å². The number of carbonyl (C=O) groups is 2. The number of hydrogen-bond acceptors (Lipinski definition) is 5. The molecule has 2 amide bonds. The largest absolute Gasteiger partial charge is 0.355 e. The van der Waals surface area contributed by atoms with Gasteiger partial charge in [0, 0.05) is 5.01 Å². The molecule has 2 rings (SSSR count). The average molecular weight is 250 g/mol. The standard InChI is InChI=1S/C10H6N2O4S/c13-9-8(6-7-4-2-1-3-5-7)17-10(14)11(9)12(15)16/h1-6H. The van der Waals surface area contributed by atoms with Crippen LogP contribution in [0.2, 0.25) is 0 Å². The van der Waals surface area contributed by atoms with Crippen LogP contribution in [-0.2, 0) is 4.79 Å². The molecule has 7 heteroatoms. The quantitative estimate of drug-likeness (QED) is 0.455. The van der Waals surface area contributed by atoms with E-state index in [1.807, 2.05) is 0 Å². The van der Waals surface area contributed by atoms with Crippen LogP contribution in [0.1, 0.15) is 5.56 Å². The van der Waals surface area contributed by atoms with Crippen LogP contribution in [0.5, 0.6) is 0 Å². The van der Waals surface area contributed by atoms with Crippen LogP contribution in [0.15, 0.2) is 35.2 Å². The number of nitro groups is 1. The van der Waals surface area contributed by atoms with E-state index in [1.54, 1.807) is 30.3 Å². The van der Waals surface area contributed by atoms with Crippen molar-refractivity contribution in [3.63, 3.8) is 0 Å². The van der Waals surface area contributed by atoms with E-state index in [2.05, 4.69) is 0 Å². The van der Waals surface area contributed by atoms with Gasteiger partial charge >= 0.3 is 11.1 Å². The Bertz CT molecular complexity index is 526. The van der Waals surface area contributed by atoms with E-state index in [9.17, 15) is 19.7 Å². The molecule has 0 radical (unpaired) electrons. The highest BCUT2D eigenvalue weighted by atomic mass is 32.2. The van der Waals surface area contributed by atoms with Crippen molar-refractivity contribution in [2.24, 2.45) is 0 Å². The molecular formula is C10H6N2O4S. The lowest BCUT2D eigenvalue weighted by atomic mass is 10.2. The first-order chi connectivity index (χ1) is 8.09. The molecule has 0 saturated carbocycles. The number of carbonyl (C=O) groups excluding carboxylic acids is 2. The van der Waals surface area contributed by atoms with Crippen LogP contribution in [0, 0.1) is 10.1 Å². The zero-order valence-corrected chi connectivity index (χ0v) is 9.22. The molecule has 0 unspecified atom stereocenters. The van der Waals surface area contributed by atoms with E-state index in [-0.39, 0.29) is 9.91 Å². The van der Waals surface area contributed by atoms with Gasteiger partial charge in [-0.05, 0) is 23.4 Å². The Hall–Kier alpha value is -2.15. The van der Waals surface area contributed by atoms with Crippen LogP contribution < -0.4 is 0 Å². The maximum Gasteiger partial charge on any atom is 0.355 e. The van der Waals surface area contributed by atoms with E-state index in [0.717, 1.165) is 0 Å². The first-order valence-electron chi connectivity index (χ1n) is 4.57. The van der Waals surface area contributed by atoms with E-state index >= 15 is 0 Å². The monoisotopic (exact) mass is 250 g/mol. The summed E-state index contributed by atoms with van der Waals surface area (Å²) in [6.07, 6.45) is 1.45. The molecule has 0 spiro atoms. The number of thioether (sulfide) groups is 1. The van der Waals surface area contributed by atoms with Crippen molar-refractivity contribution in [1.29, 1.82) is 0 Å². The number of hydrogen-bond donors (Lipinski definition) is 0. The van der Waals surface area contributed by atoms with Crippen molar-refractivity contribution < 1.29 is 14.6 Å². The number of rotatable bonds is 2. The number of imide groups is 1. The van der Waals surface area contributed by atoms with Crippen molar-refractivity contribution >= 4 is 29.0 Å². The fraction of sp³-hybridized carbons (Fsp3) is 0. The topological polar surface area (TPSA) is 80.5 Å². The van der Waals surface area contributed by atoms with Gasteiger partial charge in [0.15, 0.2) is 5.03 Å². The first-order valence-corrected chi connectivity index (χ1v) is 5.38. The highest BCUT2D eigenvalue weighted by Gasteiger charge is 2.44. The van der Waals surface area contributed by atoms with Crippen LogP contribution in [-0.4, -0.2) is 21.2 Å². The Morgan fingerprint density at radius 3 is 2.41 bits per heavy atom. The Kier molecular flexibility index (Phi) is 2.92. The third-order valence-corrected chi connectivity index (χ3v) is 2.89. The van der Waals surface area contributed by atoms with E-state index in [4.69, 9.17) is 0 Å². The molecule has 1 aromatic rings. The van der Waals surface area contributed by atoms with Gasteiger partial charge in [-0.25, -0.2) is 10.1 Å². The third kappa shape index (κ3) is 2.18. The fourth-order valence-corrected chi connectivity index (χ4v) is 2.09. The van der Waals surface area contributed by atoms with Gasteiger partial charge in [0.1, 0.15) is 0 Å². The highest BCUT2D eigenvalue weighted by molar-refractivity contribution is 8.18. The Balaban J connectivity index is 2.31. The molecule has 86 valence electrons. The molecule has 0 aliphatic carbocycles. The summed E-state index contributed by atoms with van der Waals surface area (Å²) in [5, 5.41) is 8.59. The number of nitrogens with zero attached hydrogens (tertiary/aromatic N) is 2. The summed E-state index contributed by atoms with van der Waals surface area (Å²) >= 11 is 0.562. The number of hydrazine groups is 1. The van der Waals surface area contributed by atoms with Crippen LogP contribution in [0.3, 0.4) is 0 Å². The van der Waals surface area contributed by atoms with Crippen molar-refractivity contribution in [1.82, 2.24) is 5.01 Å². The molecule has 1 aliphatic heterocycles. The molecule has 1 aromatic carbocycles. The van der Waals surface area contributed by atoms with E-state index < -0.39 is 16.2 Å². The van der Waals surface area contributed by atoms with Gasteiger partial charge in [0.25, 0.3) is 0 Å². The lowest BCUT2D eigenvalue weighted by molar-refractivity contribution is -0.609. The molecule has 0 bridgehead atoms. The fourth-order valence-electron chi connectivity index (χ4n) is 1.30. The summed E-state index contributed by atoms with van der Waals surface area (Å²) in [5.41, 5.74) is 0.710. The van der Waals surface area contributed by atoms with Gasteiger partial charge in [-0.15, -0.1) is 0 Å². The van der Waals surface area contributed by atoms with Crippen molar-refractivity contribution in [2.45, 2.75) is 0 Å². The van der Waals surface area contributed by atoms with Crippen LogP contribution in [0.4, 0.5) is 4.79 Å². The van der Waals surface area contributed by atoms with Gasteiger partial charge in [-0.1, -0.05) is 30.3 Å². The molecule has 1 fully saturated rings. The molecule has 0 atom stereocenters. The van der Waals surface area contributed by atoms with Gasteiger partial charge in [0.2, 0.25) is 0 Å².